The fourth-order valence-electron chi connectivity index (χ4n) is 2.42. The van der Waals surface area contributed by atoms with Crippen LogP contribution >= 0.6 is 23.8 Å². The molecule has 1 aromatic heterocycles. The van der Waals surface area contributed by atoms with Crippen LogP contribution in [0.1, 0.15) is 11.1 Å². The molecule has 0 aliphatic carbocycles. The second kappa shape index (κ2) is 6.61. The van der Waals surface area contributed by atoms with Gasteiger partial charge in [-0.2, -0.15) is 13.2 Å². The first kappa shape index (κ1) is 17.6. The number of nitrogens with one attached hydrogen (secondary N) is 1. The number of rotatable bonds is 2. The molecule has 0 amide bonds. The fourth-order valence-corrected chi connectivity index (χ4v) is 2.74. The van der Waals surface area contributed by atoms with Crippen LogP contribution in [0.3, 0.4) is 0 Å². The maximum absolute atomic E-state index is 13.0. The Hall–Kier alpha value is -2.18. The maximum Gasteiger partial charge on any atom is 0.416 e. The first-order chi connectivity index (χ1) is 11.8. The standard InChI is InChI=1S/C18H12ClF3N2S/c1-10-15(12-3-2-4-13(9-12)18(20,21)22)23-16(24-17(10)25)11-5-7-14(19)8-6-11/h2-9H,1H3,(H,23,24,25). The van der Waals surface area contributed by atoms with Gasteiger partial charge in [0.05, 0.1) is 11.3 Å². The summed E-state index contributed by atoms with van der Waals surface area (Å²) in [6.45, 7) is 1.73. The summed E-state index contributed by atoms with van der Waals surface area (Å²) >= 11 is 11.2. The van der Waals surface area contributed by atoms with Crippen LogP contribution in [0.2, 0.25) is 5.02 Å². The SMILES string of the molecule is Cc1c(-c2cccc(C(F)(F)F)c2)[nH]c(-c2ccc(Cl)cc2)nc1=S. The van der Waals surface area contributed by atoms with Gasteiger partial charge in [-0.3, -0.25) is 0 Å². The van der Waals surface area contributed by atoms with E-state index in [9.17, 15) is 13.2 Å². The van der Waals surface area contributed by atoms with Crippen molar-refractivity contribution in [1.82, 2.24) is 9.97 Å². The summed E-state index contributed by atoms with van der Waals surface area (Å²) in [5.74, 6) is 0.472. The lowest BCUT2D eigenvalue weighted by Crippen LogP contribution is -2.05. The van der Waals surface area contributed by atoms with Crippen LogP contribution in [0.5, 0.6) is 0 Å². The molecule has 0 spiro atoms. The van der Waals surface area contributed by atoms with Crippen LogP contribution in [-0.2, 0) is 6.18 Å². The van der Waals surface area contributed by atoms with E-state index in [2.05, 4.69) is 9.97 Å². The van der Waals surface area contributed by atoms with E-state index in [4.69, 9.17) is 23.8 Å². The topological polar surface area (TPSA) is 28.7 Å². The number of halogens is 4. The summed E-state index contributed by atoms with van der Waals surface area (Å²) in [5, 5.41) is 0.576. The monoisotopic (exact) mass is 380 g/mol. The van der Waals surface area contributed by atoms with Gasteiger partial charge < -0.3 is 4.98 Å². The molecule has 3 rings (SSSR count). The molecule has 128 valence electrons. The third-order valence-corrected chi connectivity index (χ3v) is 4.40. The molecule has 0 aliphatic rings. The minimum absolute atomic E-state index is 0.330. The number of hydrogen-bond donors (Lipinski definition) is 1. The molecule has 0 bridgehead atoms. The number of aromatic nitrogens is 2. The number of alkyl halides is 3. The molecule has 3 aromatic rings. The fraction of sp³-hybridized carbons (Fsp3) is 0.111. The van der Waals surface area contributed by atoms with Crippen LogP contribution in [0.15, 0.2) is 48.5 Å². The van der Waals surface area contributed by atoms with Crippen molar-refractivity contribution in [2.75, 3.05) is 0 Å². The van der Waals surface area contributed by atoms with Crippen LogP contribution in [0, 0.1) is 11.6 Å². The van der Waals surface area contributed by atoms with E-state index in [0.29, 0.717) is 32.3 Å². The van der Waals surface area contributed by atoms with Crippen molar-refractivity contribution >= 4 is 23.8 Å². The number of benzene rings is 2. The highest BCUT2D eigenvalue weighted by atomic mass is 35.5. The van der Waals surface area contributed by atoms with E-state index in [0.717, 1.165) is 17.7 Å². The summed E-state index contributed by atoms with van der Waals surface area (Å²) in [4.78, 5) is 7.42. The lowest BCUT2D eigenvalue weighted by Gasteiger charge is -2.12. The van der Waals surface area contributed by atoms with Crippen LogP contribution in [-0.4, -0.2) is 9.97 Å². The lowest BCUT2D eigenvalue weighted by atomic mass is 10.0. The number of aromatic amines is 1. The Kier molecular flexibility index (Phi) is 4.67. The molecule has 0 saturated heterocycles. The van der Waals surface area contributed by atoms with Gasteiger partial charge >= 0.3 is 6.18 Å². The van der Waals surface area contributed by atoms with Crippen molar-refractivity contribution < 1.29 is 13.2 Å². The number of hydrogen-bond acceptors (Lipinski definition) is 2. The molecule has 25 heavy (non-hydrogen) atoms. The Morgan fingerprint density at radius 2 is 1.72 bits per heavy atom. The average molecular weight is 381 g/mol. The first-order valence-corrected chi connectivity index (χ1v) is 8.09. The molecule has 7 heteroatoms. The van der Waals surface area contributed by atoms with Gasteiger partial charge in [-0.25, -0.2) is 4.98 Å². The first-order valence-electron chi connectivity index (χ1n) is 7.30. The largest absolute Gasteiger partial charge is 0.416 e. The van der Waals surface area contributed by atoms with Crippen molar-refractivity contribution in [2.24, 2.45) is 0 Å². The zero-order valence-corrected chi connectivity index (χ0v) is 14.6. The van der Waals surface area contributed by atoms with Crippen molar-refractivity contribution in [2.45, 2.75) is 13.1 Å². The summed E-state index contributed by atoms with van der Waals surface area (Å²) in [6, 6.07) is 12.1. The van der Waals surface area contributed by atoms with Gasteiger partial charge in [0.1, 0.15) is 10.5 Å². The van der Waals surface area contributed by atoms with E-state index in [1.165, 1.54) is 6.07 Å². The Bertz CT molecular complexity index is 979. The van der Waals surface area contributed by atoms with E-state index in [1.807, 2.05) is 0 Å². The van der Waals surface area contributed by atoms with Crippen LogP contribution in [0.25, 0.3) is 22.6 Å². The molecule has 1 N–H and O–H groups in total. The molecule has 1 heterocycles. The van der Waals surface area contributed by atoms with E-state index < -0.39 is 11.7 Å². The second-order valence-corrected chi connectivity index (χ2v) is 6.30. The van der Waals surface area contributed by atoms with Gasteiger partial charge in [0.25, 0.3) is 0 Å². The Morgan fingerprint density at radius 1 is 1.04 bits per heavy atom. The summed E-state index contributed by atoms with van der Waals surface area (Å²) < 4.78 is 39.3. The normalized spacial score (nSPS) is 11.6. The van der Waals surface area contributed by atoms with Crippen molar-refractivity contribution in [3.05, 3.63) is 69.3 Å². The predicted octanol–water partition coefficient (Wildman–Crippen LogP) is 6.45. The number of nitrogens with zero attached hydrogens (tertiary/aromatic N) is 1. The molecular weight excluding hydrogens is 369 g/mol. The summed E-state index contributed by atoms with van der Waals surface area (Å²) in [5.41, 5.74) is 1.55. The molecule has 0 fully saturated rings. The van der Waals surface area contributed by atoms with Gasteiger partial charge in [0, 0.05) is 16.1 Å². The van der Waals surface area contributed by atoms with Crippen LogP contribution < -0.4 is 0 Å². The highest BCUT2D eigenvalue weighted by Gasteiger charge is 2.30. The van der Waals surface area contributed by atoms with Crippen molar-refractivity contribution in [1.29, 1.82) is 0 Å². The Morgan fingerprint density at radius 3 is 2.36 bits per heavy atom. The Labute approximate surface area is 152 Å². The van der Waals surface area contributed by atoms with Gasteiger partial charge in [-0.15, -0.1) is 0 Å². The van der Waals surface area contributed by atoms with E-state index in [-0.39, 0.29) is 0 Å². The number of H-pyrrole nitrogens is 1. The third-order valence-electron chi connectivity index (χ3n) is 3.75. The highest BCUT2D eigenvalue weighted by Crippen LogP contribution is 2.33. The molecule has 0 unspecified atom stereocenters. The van der Waals surface area contributed by atoms with Crippen molar-refractivity contribution in [3.8, 4) is 22.6 Å². The van der Waals surface area contributed by atoms with Gasteiger partial charge in [0.15, 0.2) is 0 Å². The molecule has 0 saturated carbocycles. The zero-order chi connectivity index (χ0) is 18.2. The predicted molar refractivity (Wildman–Crippen MR) is 95.0 cm³/mol. The second-order valence-electron chi connectivity index (χ2n) is 5.48. The van der Waals surface area contributed by atoms with Gasteiger partial charge in [-0.1, -0.05) is 36.0 Å². The molecule has 2 aromatic carbocycles. The summed E-state index contributed by atoms with van der Waals surface area (Å²) in [6.07, 6.45) is -4.41. The average Bonchev–Trinajstić information content (AvgIpc) is 2.57. The zero-order valence-electron chi connectivity index (χ0n) is 13.0. The molecule has 0 aliphatic heterocycles. The minimum Gasteiger partial charge on any atom is -0.339 e. The molecular formula is C18H12ClF3N2S. The molecule has 0 atom stereocenters. The van der Waals surface area contributed by atoms with E-state index >= 15 is 0 Å². The molecule has 2 nitrogen and oxygen atoms in total. The minimum atomic E-state index is -4.41. The highest BCUT2D eigenvalue weighted by molar-refractivity contribution is 7.71. The van der Waals surface area contributed by atoms with E-state index in [1.54, 1.807) is 37.3 Å². The quantitative estimate of drug-likeness (QED) is 0.517. The molecule has 0 radical (unpaired) electrons. The van der Waals surface area contributed by atoms with Crippen LogP contribution in [0.4, 0.5) is 13.2 Å². The maximum atomic E-state index is 13.0. The van der Waals surface area contributed by atoms with Gasteiger partial charge in [0.2, 0.25) is 0 Å². The third kappa shape index (κ3) is 3.75. The lowest BCUT2D eigenvalue weighted by molar-refractivity contribution is -0.137. The van der Waals surface area contributed by atoms with Crippen molar-refractivity contribution in [3.63, 3.8) is 0 Å². The van der Waals surface area contributed by atoms with Gasteiger partial charge in [-0.05, 0) is 48.9 Å². The smallest absolute Gasteiger partial charge is 0.339 e. The summed E-state index contributed by atoms with van der Waals surface area (Å²) in [7, 11) is 0. The Balaban J connectivity index is 2.17.